The van der Waals surface area contributed by atoms with Crippen molar-refractivity contribution in [2.24, 2.45) is 0 Å². The number of fused-ring (bicyclic) bond motifs is 3. The van der Waals surface area contributed by atoms with Crippen LogP contribution in [0.1, 0.15) is 20.3 Å². The lowest BCUT2D eigenvalue weighted by atomic mass is 10.00. The fourth-order valence-corrected chi connectivity index (χ4v) is 2.70. The van der Waals surface area contributed by atoms with Gasteiger partial charge in [-0.2, -0.15) is 0 Å². The molecule has 1 N–H and O–H groups in total. The minimum Gasteiger partial charge on any atom is -0.359 e. The number of allylic oxidation sites excluding steroid dienone is 2. The Balaban J connectivity index is 2.29. The fourth-order valence-electron chi connectivity index (χ4n) is 2.70. The molecule has 20 heavy (non-hydrogen) atoms. The van der Waals surface area contributed by atoms with Crippen molar-refractivity contribution in [1.82, 2.24) is 0 Å². The molecule has 0 aromatic heterocycles. The Morgan fingerprint density at radius 3 is 2.30 bits per heavy atom. The predicted molar refractivity (Wildman–Crippen MR) is 89.1 cm³/mol. The smallest absolute Gasteiger partial charge is 0.0467 e. The summed E-state index contributed by atoms with van der Waals surface area (Å²) in [6.45, 7) is 4.25. The first-order valence-corrected chi connectivity index (χ1v) is 7.16. The summed E-state index contributed by atoms with van der Waals surface area (Å²) in [6.07, 6.45) is 3.15. The molecule has 0 aliphatic rings. The normalized spacial score (nSPS) is 12.0. The van der Waals surface area contributed by atoms with Gasteiger partial charge in [-0.25, -0.2) is 0 Å². The van der Waals surface area contributed by atoms with Crippen molar-refractivity contribution in [1.29, 1.82) is 0 Å². The third-order valence-corrected chi connectivity index (χ3v) is 3.79. The van der Waals surface area contributed by atoms with Gasteiger partial charge in [0.2, 0.25) is 0 Å². The molecule has 1 heteroatoms. The zero-order valence-electron chi connectivity index (χ0n) is 12.0. The molecular formula is C19H19N. The first-order valence-electron chi connectivity index (χ1n) is 7.16. The molecule has 0 unspecified atom stereocenters. The van der Waals surface area contributed by atoms with Gasteiger partial charge in [0.25, 0.3) is 0 Å². The van der Waals surface area contributed by atoms with E-state index in [-0.39, 0.29) is 0 Å². The minimum atomic E-state index is 1.01. The number of benzene rings is 3. The predicted octanol–water partition coefficient (Wildman–Crippen LogP) is 5.72. The number of nitrogens with one attached hydrogen (secondary N) is 1. The Morgan fingerprint density at radius 2 is 1.60 bits per heavy atom. The maximum absolute atomic E-state index is 3.57. The molecule has 0 saturated carbocycles. The summed E-state index contributed by atoms with van der Waals surface area (Å²) in [4.78, 5) is 0. The molecule has 0 fully saturated rings. The average molecular weight is 261 g/mol. The van der Waals surface area contributed by atoms with Crippen LogP contribution in [0.3, 0.4) is 0 Å². The van der Waals surface area contributed by atoms with Crippen molar-refractivity contribution in [3.63, 3.8) is 0 Å². The van der Waals surface area contributed by atoms with Crippen LogP contribution >= 0.6 is 0 Å². The van der Waals surface area contributed by atoms with Gasteiger partial charge in [-0.15, -0.1) is 0 Å². The van der Waals surface area contributed by atoms with E-state index in [0.29, 0.717) is 0 Å². The summed E-state index contributed by atoms with van der Waals surface area (Å²) in [5.74, 6) is 0. The highest BCUT2D eigenvalue weighted by Gasteiger charge is 2.06. The Hall–Kier alpha value is -2.28. The van der Waals surface area contributed by atoms with E-state index >= 15 is 0 Å². The van der Waals surface area contributed by atoms with Crippen LogP contribution in [0.4, 0.5) is 5.69 Å². The van der Waals surface area contributed by atoms with Gasteiger partial charge in [-0.1, -0.05) is 61.5 Å². The van der Waals surface area contributed by atoms with Crippen LogP contribution in [0.15, 0.2) is 66.4 Å². The second-order valence-corrected chi connectivity index (χ2v) is 4.98. The number of hydrogen-bond donors (Lipinski definition) is 1. The van der Waals surface area contributed by atoms with Gasteiger partial charge >= 0.3 is 0 Å². The Bertz CT molecular complexity index is 784. The van der Waals surface area contributed by atoms with E-state index in [0.717, 1.165) is 6.42 Å². The number of rotatable bonds is 3. The van der Waals surface area contributed by atoms with Crippen LogP contribution < -0.4 is 5.32 Å². The summed E-state index contributed by atoms with van der Waals surface area (Å²) >= 11 is 0. The molecule has 1 nitrogen and oxygen atoms in total. The maximum atomic E-state index is 3.57. The molecule has 0 radical (unpaired) electrons. The molecular weight excluding hydrogens is 242 g/mol. The first kappa shape index (κ1) is 12.7. The second kappa shape index (κ2) is 5.38. The van der Waals surface area contributed by atoms with Crippen molar-refractivity contribution < 1.29 is 0 Å². The zero-order chi connectivity index (χ0) is 13.9. The molecule has 0 aliphatic carbocycles. The lowest BCUT2D eigenvalue weighted by Crippen LogP contribution is -1.98. The molecule has 3 rings (SSSR count). The summed E-state index contributed by atoms with van der Waals surface area (Å²) in [5, 5.41) is 8.75. The molecule has 0 atom stereocenters. The summed E-state index contributed by atoms with van der Waals surface area (Å²) < 4.78 is 0. The van der Waals surface area contributed by atoms with Crippen LogP contribution in [0, 0.1) is 0 Å². The first-order chi connectivity index (χ1) is 9.83. The average Bonchev–Trinajstić information content (AvgIpc) is 2.52. The molecule has 3 aromatic carbocycles. The van der Waals surface area contributed by atoms with Gasteiger partial charge in [0.05, 0.1) is 0 Å². The van der Waals surface area contributed by atoms with Crippen LogP contribution in [0.2, 0.25) is 0 Å². The third-order valence-electron chi connectivity index (χ3n) is 3.79. The molecule has 0 aliphatic heterocycles. The third kappa shape index (κ3) is 2.16. The maximum Gasteiger partial charge on any atom is 0.0467 e. The molecule has 3 aromatic rings. The molecule has 0 spiro atoms. The Kier molecular flexibility index (Phi) is 3.42. The monoisotopic (exact) mass is 261 g/mol. The van der Waals surface area contributed by atoms with Crippen molar-refractivity contribution in [2.75, 3.05) is 5.32 Å². The Morgan fingerprint density at radius 1 is 0.950 bits per heavy atom. The summed E-state index contributed by atoms with van der Waals surface area (Å²) in [6, 6.07) is 19.4. The van der Waals surface area contributed by atoms with E-state index in [9.17, 15) is 0 Å². The van der Waals surface area contributed by atoms with Gasteiger partial charge < -0.3 is 5.32 Å². The molecule has 0 saturated heterocycles. The van der Waals surface area contributed by atoms with E-state index in [2.05, 4.69) is 79.8 Å². The van der Waals surface area contributed by atoms with E-state index in [1.807, 2.05) is 0 Å². The molecule has 0 amide bonds. The summed E-state index contributed by atoms with van der Waals surface area (Å²) in [7, 11) is 0. The van der Waals surface area contributed by atoms with Crippen molar-refractivity contribution >= 4 is 27.2 Å². The highest BCUT2D eigenvalue weighted by molar-refractivity contribution is 6.13. The summed E-state index contributed by atoms with van der Waals surface area (Å²) in [5.41, 5.74) is 2.44. The topological polar surface area (TPSA) is 12.0 Å². The molecule has 0 bridgehead atoms. The number of hydrogen-bond acceptors (Lipinski definition) is 1. The van der Waals surface area contributed by atoms with Crippen LogP contribution in [0.5, 0.6) is 0 Å². The highest BCUT2D eigenvalue weighted by Crippen LogP contribution is 2.32. The van der Waals surface area contributed by atoms with E-state index in [4.69, 9.17) is 0 Å². The largest absolute Gasteiger partial charge is 0.359 e. The zero-order valence-corrected chi connectivity index (χ0v) is 12.0. The van der Waals surface area contributed by atoms with E-state index in [1.54, 1.807) is 0 Å². The van der Waals surface area contributed by atoms with Crippen molar-refractivity contribution in [3.8, 4) is 0 Å². The lowest BCUT2D eigenvalue weighted by Gasteiger charge is -2.14. The lowest BCUT2D eigenvalue weighted by molar-refractivity contribution is 1.10. The molecule has 0 heterocycles. The van der Waals surface area contributed by atoms with Crippen LogP contribution in [-0.2, 0) is 0 Å². The van der Waals surface area contributed by atoms with Gasteiger partial charge in [0.1, 0.15) is 0 Å². The fraction of sp³-hybridized carbons (Fsp3) is 0.158. The van der Waals surface area contributed by atoms with Crippen LogP contribution in [-0.4, -0.2) is 0 Å². The van der Waals surface area contributed by atoms with Gasteiger partial charge in [0.15, 0.2) is 0 Å². The molecule has 100 valence electrons. The van der Waals surface area contributed by atoms with E-state index < -0.39 is 0 Å². The van der Waals surface area contributed by atoms with Gasteiger partial charge in [0, 0.05) is 16.8 Å². The number of anilines is 1. The van der Waals surface area contributed by atoms with Crippen LogP contribution in [0.25, 0.3) is 21.5 Å². The van der Waals surface area contributed by atoms with Gasteiger partial charge in [-0.05, 0) is 35.6 Å². The van der Waals surface area contributed by atoms with E-state index in [1.165, 1.54) is 32.9 Å². The second-order valence-electron chi connectivity index (χ2n) is 4.98. The van der Waals surface area contributed by atoms with Gasteiger partial charge in [-0.3, -0.25) is 0 Å². The SMILES string of the molecule is C/C=C(/CC)Nc1cc2ccccc2c2ccccc12. The highest BCUT2D eigenvalue weighted by atomic mass is 14.9. The van der Waals surface area contributed by atoms with Crippen molar-refractivity contribution in [2.45, 2.75) is 20.3 Å². The van der Waals surface area contributed by atoms with Crippen molar-refractivity contribution in [3.05, 3.63) is 66.4 Å². The minimum absolute atomic E-state index is 1.01. The Labute approximate surface area is 119 Å². The quantitative estimate of drug-likeness (QED) is 0.595. The standard InChI is InChI=1S/C19H19N/c1-3-15(4-2)20-19-13-14-9-5-6-10-16(14)17-11-7-8-12-18(17)19/h3,5-13,20H,4H2,1-2H3/b15-3-.